The van der Waals surface area contributed by atoms with Crippen LogP contribution in [0.4, 0.5) is 5.69 Å². The van der Waals surface area contributed by atoms with Crippen molar-refractivity contribution in [3.8, 4) is 17.5 Å². The maximum Gasteiger partial charge on any atom is 0.257 e. The average Bonchev–Trinajstić information content (AvgIpc) is 2.73. The topological polar surface area (TPSA) is 61.1 Å². The number of aromatic nitrogens is 2. The second-order valence-corrected chi connectivity index (χ2v) is 7.13. The molecule has 2 aliphatic heterocycles. The zero-order valence-electron chi connectivity index (χ0n) is 16.2. The van der Waals surface area contributed by atoms with Crippen LogP contribution >= 0.6 is 0 Å². The van der Waals surface area contributed by atoms with E-state index in [1.54, 1.807) is 12.1 Å². The summed E-state index contributed by atoms with van der Waals surface area (Å²) in [5.41, 5.74) is 2.28. The van der Waals surface area contributed by atoms with Gasteiger partial charge in [0.1, 0.15) is 19.3 Å². The lowest BCUT2D eigenvalue weighted by molar-refractivity contribution is 0.0752. The molecule has 0 spiro atoms. The van der Waals surface area contributed by atoms with Gasteiger partial charge in [-0.15, -0.1) is 0 Å². The second-order valence-electron chi connectivity index (χ2n) is 7.13. The third kappa shape index (κ3) is 3.87. The quantitative estimate of drug-likeness (QED) is 0.754. The molecule has 4 heterocycles. The molecule has 1 fully saturated rings. The van der Waals surface area contributed by atoms with Gasteiger partial charge in [0, 0.05) is 24.8 Å². The summed E-state index contributed by atoms with van der Waals surface area (Å²) < 4.78 is 17.2. The molecular weight excluding hydrogens is 356 g/mol. The highest BCUT2D eigenvalue weighted by molar-refractivity contribution is 5.49. The molecule has 0 saturated carbocycles. The average molecular weight is 380 g/mol. The Balaban J connectivity index is 1.35. The van der Waals surface area contributed by atoms with Gasteiger partial charge in [-0.2, -0.15) is 0 Å². The third-order valence-electron chi connectivity index (χ3n) is 5.32. The lowest BCUT2D eigenvalue weighted by atomic mass is 10.0. The van der Waals surface area contributed by atoms with Gasteiger partial charge in [-0.3, -0.25) is 4.90 Å². The molecule has 1 unspecified atom stereocenters. The lowest BCUT2D eigenvalue weighted by Crippen LogP contribution is -2.40. The first-order valence-corrected chi connectivity index (χ1v) is 9.66. The fourth-order valence-corrected chi connectivity index (χ4v) is 3.63. The normalized spacial score (nSPS) is 18.3. The fraction of sp³-hybridized carbons (Fsp3) is 0.476. The molecule has 0 N–H and O–H groups in total. The molecule has 7 heteroatoms. The molecule has 146 valence electrons. The van der Waals surface area contributed by atoms with Crippen molar-refractivity contribution in [1.82, 2.24) is 14.9 Å². The van der Waals surface area contributed by atoms with Crippen molar-refractivity contribution in [3.63, 3.8) is 0 Å². The Labute approximate surface area is 165 Å². The van der Waals surface area contributed by atoms with Crippen LogP contribution in [0.15, 0.2) is 24.3 Å². The molecule has 4 rings (SSSR count). The molecule has 0 aliphatic carbocycles. The van der Waals surface area contributed by atoms with E-state index in [2.05, 4.69) is 26.6 Å². The fourth-order valence-electron chi connectivity index (χ4n) is 3.63. The Bertz CT molecular complexity index is 888. The number of piperidine rings is 1. The van der Waals surface area contributed by atoms with Crippen LogP contribution in [0.3, 0.4) is 0 Å². The molecule has 7 nitrogen and oxygen atoms in total. The summed E-state index contributed by atoms with van der Waals surface area (Å²) in [6.45, 7) is 14.1. The minimum Gasteiger partial charge on any atom is -0.484 e. The van der Waals surface area contributed by atoms with Crippen molar-refractivity contribution in [1.29, 1.82) is 0 Å². The first-order valence-electron chi connectivity index (χ1n) is 9.66. The van der Waals surface area contributed by atoms with Crippen molar-refractivity contribution in [2.75, 3.05) is 26.3 Å². The van der Waals surface area contributed by atoms with Crippen molar-refractivity contribution in [2.45, 2.75) is 38.8 Å². The number of hydrogen-bond donors (Lipinski definition) is 0. The summed E-state index contributed by atoms with van der Waals surface area (Å²) in [6.07, 6.45) is 2.00. The van der Waals surface area contributed by atoms with Crippen LogP contribution in [-0.2, 0) is 0 Å². The number of rotatable bonds is 4. The number of aryl methyl sites for hydroxylation is 1. The van der Waals surface area contributed by atoms with E-state index < -0.39 is 0 Å². The number of nitrogens with zero attached hydrogens (tertiary/aromatic N) is 4. The highest BCUT2D eigenvalue weighted by Gasteiger charge is 2.26. The van der Waals surface area contributed by atoms with Crippen molar-refractivity contribution < 1.29 is 14.2 Å². The Hall–Kier alpha value is -2.85. The minimum absolute atomic E-state index is 0.141. The lowest BCUT2D eigenvalue weighted by Gasteiger charge is -2.35. The maximum atomic E-state index is 7.11. The molecule has 1 atom stereocenters. The van der Waals surface area contributed by atoms with Crippen LogP contribution in [0.5, 0.6) is 17.5 Å². The van der Waals surface area contributed by atoms with Gasteiger partial charge in [0.2, 0.25) is 11.6 Å². The summed E-state index contributed by atoms with van der Waals surface area (Å²) in [5, 5.41) is 0. The number of fused-ring (bicyclic) bond motifs is 1. The number of likely N-dealkylation sites (tertiary alicyclic amines) is 1. The minimum atomic E-state index is 0.141. The largest absolute Gasteiger partial charge is 0.484 e. The van der Waals surface area contributed by atoms with Crippen LogP contribution in [-0.4, -0.2) is 47.3 Å². The molecule has 0 aromatic carbocycles. The first kappa shape index (κ1) is 18.5. The Kier molecular flexibility index (Phi) is 5.31. The van der Waals surface area contributed by atoms with E-state index in [1.807, 2.05) is 19.1 Å². The van der Waals surface area contributed by atoms with Gasteiger partial charge in [0.05, 0.1) is 12.3 Å². The van der Waals surface area contributed by atoms with Crippen LogP contribution in [0.25, 0.3) is 4.85 Å². The molecule has 0 radical (unpaired) electrons. The Morgan fingerprint density at radius 3 is 2.68 bits per heavy atom. The summed E-state index contributed by atoms with van der Waals surface area (Å²) in [5.74, 6) is 1.92. The van der Waals surface area contributed by atoms with E-state index in [1.165, 1.54) is 0 Å². The molecule has 28 heavy (non-hydrogen) atoms. The molecule has 0 bridgehead atoms. The highest BCUT2D eigenvalue weighted by Crippen LogP contribution is 2.32. The maximum absolute atomic E-state index is 7.11. The number of hydrogen-bond acceptors (Lipinski definition) is 6. The summed E-state index contributed by atoms with van der Waals surface area (Å²) >= 11 is 0. The van der Waals surface area contributed by atoms with E-state index >= 15 is 0 Å². The summed E-state index contributed by atoms with van der Waals surface area (Å²) in [4.78, 5) is 14.9. The van der Waals surface area contributed by atoms with E-state index in [0.29, 0.717) is 36.4 Å². The molecular formula is C21H24N4O3. The van der Waals surface area contributed by atoms with Gasteiger partial charge in [0.25, 0.3) is 5.88 Å². The Morgan fingerprint density at radius 1 is 1.14 bits per heavy atom. The van der Waals surface area contributed by atoms with Gasteiger partial charge in [-0.05, 0) is 51.0 Å². The van der Waals surface area contributed by atoms with Crippen LogP contribution in [0.2, 0.25) is 0 Å². The summed E-state index contributed by atoms with van der Waals surface area (Å²) in [6, 6.07) is 7.73. The van der Waals surface area contributed by atoms with Gasteiger partial charge in [-0.1, -0.05) is 0 Å². The van der Waals surface area contributed by atoms with Crippen molar-refractivity contribution in [2.24, 2.45) is 0 Å². The molecule has 1 saturated heterocycles. The first-order chi connectivity index (χ1) is 13.6. The van der Waals surface area contributed by atoms with Gasteiger partial charge >= 0.3 is 0 Å². The van der Waals surface area contributed by atoms with Gasteiger partial charge < -0.3 is 14.2 Å². The van der Waals surface area contributed by atoms with E-state index in [9.17, 15) is 0 Å². The predicted octanol–water partition coefficient (Wildman–Crippen LogP) is 3.71. The van der Waals surface area contributed by atoms with Crippen molar-refractivity contribution >= 4 is 5.69 Å². The number of pyridine rings is 2. The second kappa shape index (κ2) is 8.03. The predicted molar refractivity (Wildman–Crippen MR) is 104 cm³/mol. The van der Waals surface area contributed by atoms with E-state index in [4.69, 9.17) is 20.8 Å². The zero-order chi connectivity index (χ0) is 19.5. The van der Waals surface area contributed by atoms with Crippen LogP contribution in [0.1, 0.15) is 37.2 Å². The van der Waals surface area contributed by atoms with Crippen LogP contribution < -0.4 is 14.2 Å². The highest BCUT2D eigenvalue weighted by atomic mass is 16.6. The van der Waals surface area contributed by atoms with Crippen molar-refractivity contribution in [3.05, 3.63) is 47.1 Å². The smallest absolute Gasteiger partial charge is 0.257 e. The van der Waals surface area contributed by atoms with Gasteiger partial charge in [-0.25, -0.2) is 14.8 Å². The standard InChI is InChI=1S/C21H24N4O3/c1-14-17(22-3)5-7-20(23-14)28-16-8-10-25(11-9-16)15(2)18-4-6-19-21(24-18)27-13-12-26-19/h4-7,15-16H,8-13H2,1-2H3. The monoisotopic (exact) mass is 380 g/mol. The molecule has 2 aromatic heterocycles. The Morgan fingerprint density at radius 2 is 1.93 bits per heavy atom. The SMILES string of the molecule is [C-]#[N+]c1ccc(OC2CCN(C(C)c3ccc4c(n3)OCCO4)CC2)nc1C. The van der Waals surface area contributed by atoms with E-state index in [0.717, 1.165) is 37.4 Å². The third-order valence-corrected chi connectivity index (χ3v) is 5.32. The molecule has 2 aliphatic rings. The summed E-state index contributed by atoms with van der Waals surface area (Å²) in [7, 11) is 0. The number of ether oxygens (including phenoxy) is 3. The molecule has 2 aromatic rings. The van der Waals surface area contributed by atoms with Gasteiger partial charge in [0.15, 0.2) is 5.75 Å². The van der Waals surface area contributed by atoms with Crippen LogP contribution in [0, 0.1) is 13.5 Å². The van der Waals surface area contributed by atoms with E-state index in [-0.39, 0.29) is 12.1 Å². The molecule has 0 amide bonds. The zero-order valence-corrected chi connectivity index (χ0v) is 16.2.